The molecular formula is C25H24N6O2S. The number of nitrogens with one attached hydrogen (secondary N) is 2. The summed E-state index contributed by atoms with van der Waals surface area (Å²) in [5.74, 6) is 1.49. The minimum absolute atomic E-state index is 0.206. The summed E-state index contributed by atoms with van der Waals surface area (Å²) in [6.45, 7) is 4.07. The molecule has 1 amide bonds. The highest BCUT2D eigenvalue weighted by Gasteiger charge is 2.25. The van der Waals surface area contributed by atoms with Gasteiger partial charge in [-0.05, 0) is 55.6 Å². The fourth-order valence-corrected chi connectivity index (χ4v) is 4.32. The van der Waals surface area contributed by atoms with Gasteiger partial charge < -0.3 is 25.1 Å². The van der Waals surface area contributed by atoms with Gasteiger partial charge in [0.15, 0.2) is 0 Å². The smallest absolute Gasteiger partial charge is 0.252 e. The van der Waals surface area contributed by atoms with Gasteiger partial charge in [-0.25, -0.2) is 4.98 Å². The van der Waals surface area contributed by atoms with Gasteiger partial charge in [0, 0.05) is 18.0 Å². The number of hydrogen-bond acceptors (Lipinski definition) is 7. The van der Waals surface area contributed by atoms with E-state index in [9.17, 15) is 4.79 Å². The predicted octanol–water partition coefficient (Wildman–Crippen LogP) is 4.31. The van der Waals surface area contributed by atoms with E-state index in [1.165, 1.54) is 12.1 Å². The lowest BCUT2D eigenvalue weighted by molar-refractivity contribution is 0.0880. The van der Waals surface area contributed by atoms with Crippen molar-refractivity contribution in [3.05, 3.63) is 84.2 Å². The van der Waals surface area contributed by atoms with Crippen molar-refractivity contribution in [2.75, 3.05) is 11.3 Å². The average molecular weight is 473 g/mol. The van der Waals surface area contributed by atoms with Crippen molar-refractivity contribution in [3.8, 4) is 11.6 Å². The van der Waals surface area contributed by atoms with E-state index in [1.54, 1.807) is 18.3 Å². The van der Waals surface area contributed by atoms with Gasteiger partial charge in [0.05, 0.1) is 34.4 Å². The molecule has 0 saturated carbocycles. The van der Waals surface area contributed by atoms with Crippen LogP contribution in [0.25, 0.3) is 16.7 Å². The second kappa shape index (κ2) is 8.75. The Balaban J connectivity index is 1.31. The Morgan fingerprint density at radius 1 is 1.18 bits per heavy atom. The van der Waals surface area contributed by atoms with Crippen LogP contribution in [-0.4, -0.2) is 33.4 Å². The summed E-state index contributed by atoms with van der Waals surface area (Å²) in [5, 5.41) is 4.17. The molecule has 0 saturated heterocycles. The lowest BCUT2D eigenvalue weighted by Gasteiger charge is -2.27. The van der Waals surface area contributed by atoms with Crippen LogP contribution >= 0.6 is 12.1 Å². The predicted molar refractivity (Wildman–Crippen MR) is 136 cm³/mol. The molecule has 2 aromatic heterocycles. The number of rotatable bonds is 6. The molecule has 0 atom stereocenters. The molecule has 2 aromatic carbocycles. The SMILES string of the molecule is CC(C)(COc1cccc2c1C(N)=NSN2)NC(=O)c1ccnc(-n2ccc3ccccc32)c1. The average Bonchev–Trinajstić information content (AvgIpc) is 3.27. The first-order valence-electron chi connectivity index (χ1n) is 10.8. The number of para-hydroxylation sites is 1. The molecule has 0 aliphatic carbocycles. The Bertz CT molecular complexity index is 1410. The highest BCUT2D eigenvalue weighted by molar-refractivity contribution is 7.99. The Morgan fingerprint density at radius 2 is 2.03 bits per heavy atom. The topological polar surface area (TPSA) is 107 Å². The van der Waals surface area contributed by atoms with Gasteiger partial charge in [0.1, 0.15) is 24.0 Å². The van der Waals surface area contributed by atoms with Crippen LogP contribution in [0.2, 0.25) is 0 Å². The maximum absolute atomic E-state index is 13.1. The van der Waals surface area contributed by atoms with Gasteiger partial charge in [-0.3, -0.25) is 4.79 Å². The fourth-order valence-electron chi connectivity index (χ4n) is 3.82. The number of aromatic nitrogens is 2. The van der Waals surface area contributed by atoms with E-state index in [-0.39, 0.29) is 12.5 Å². The highest BCUT2D eigenvalue weighted by Crippen LogP contribution is 2.32. The number of hydrogen-bond donors (Lipinski definition) is 3. The van der Waals surface area contributed by atoms with Gasteiger partial charge in [-0.15, -0.1) is 0 Å². The van der Waals surface area contributed by atoms with Crippen LogP contribution in [0.15, 0.2) is 77.5 Å². The normalized spacial score (nSPS) is 13.1. The van der Waals surface area contributed by atoms with E-state index in [4.69, 9.17) is 10.5 Å². The molecule has 0 radical (unpaired) electrons. The summed E-state index contributed by atoms with van der Waals surface area (Å²) < 4.78 is 15.3. The van der Waals surface area contributed by atoms with Crippen LogP contribution in [-0.2, 0) is 0 Å². The number of pyridine rings is 1. The third-order valence-corrected chi connectivity index (χ3v) is 6.08. The van der Waals surface area contributed by atoms with Crippen molar-refractivity contribution in [1.29, 1.82) is 0 Å². The lowest BCUT2D eigenvalue weighted by atomic mass is 10.1. The maximum atomic E-state index is 13.1. The maximum Gasteiger partial charge on any atom is 0.252 e. The minimum atomic E-state index is -0.647. The molecule has 0 unspecified atom stereocenters. The molecule has 0 spiro atoms. The molecule has 1 aliphatic rings. The van der Waals surface area contributed by atoms with E-state index in [2.05, 4.69) is 19.4 Å². The van der Waals surface area contributed by atoms with Crippen molar-refractivity contribution in [2.45, 2.75) is 19.4 Å². The first kappa shape index (κ1) is 21.8. The summed E-state index contributed by atoms with van der Waals surface area (Å²) in [4.78, 5) is 17.5. The lowest BCUT2D eigenvalue weighted by Crippen LogP contribution is -2.48. The summed E-state index contributed by atoms with van der Waals surface area (Å²) in [6, 6.07) is 19.2. The number of benzene rings is 2. The largest absolute Gasteiger partial charge is 0.490 e. The number of amides is 1. The standard InChI is InChI=1S/C25H24N6O2S/c1-25(2,15-33-20-9-5-7-18-22(20)23(26)30-34-29-18)28-24(32)17-10-12-27-21(14-17)31-13-11-16-6-3-4-8-19(16)31/h3-14,29H,15H2,1-2H3,(H2,26,30)(H,28,32). The van der Waals surface area contributed by atoms with E-state index >= 15 is 0 Å². The van der Waals surface area contributed by atoms with E-state index in [0.29, 0.717) is 23.0 Å². The monoisotopic (exact) mass is 472 g/mol. The molecule has 5 rings (SSSR count). The first-order chi connectivity index (χ1) is 16.4. The zero-order valence-electron chi connectivity index (χ0n) is 18.8. The molecule has 172 valence electrons. The Kier molecular flexibility index (Phi) is 5.62. The molecule has 0 bridgehead atoms. The summed E-state index contributed by atoms with van der Waals surface area (Å²) in [7, 11) is 0. The van der Waals surface area contributed by atoms with Gasteiger partial charge in [-0.2, -0.15) is 4.40 Å². The number of fused-ring (bicyclic) bond motifs is 2. The number of carbonyl (C=O) groups excluding carboxylic acids is 1. The van der Waals surface area contributed by atoms with Crippen LogP contribution in [0.1, 0.15) is 29.8 Å². The molecule has 4 N–H and O–H groups in total. The third-order valence-electron chi connectivity index (χ3n) is 5.48. The van der Waals surface area contributed by atoms with Crippen LogP contribution in [0.4, 0.5) is 5.69 Å². The third kappa shape index (κ3) is 4.29. The van der Waals surface area contributed by atoms with E-state index < -0.39 is 5.54 Å². The van der Waals surface area contributed by atoms with Gasteiger partial charge in [0.25, 0.3) is 5.91 Å². The van der Waals surface area contributed by atoms with Crippen LogP contribution in [0.5, 0.6) is 5.75 Å². The molecule has 3 heterocycles. The zero-order chi connectivity index (χ0) is 23.7. The molecule has 34 heavy (non-hydrogen) atoms. The van der Waals surface area contributed by atoms with Crippen LogP contribution < -0.4 is 20.5 Å². The Labute approximate surface area is 201 Å². The van der Waals surface area contributed by atoms with Gasteiger partial charge in [0.2, 0.25) is 0 Å². The second-order valence-electron chi connectivity index (χ2n) is 8.62. The van der Waals surface area contributed by atoms with Crippen molar-refractivity contribution in [2.24, 2.45) is 10.1 Å². The van der Waals surface area contributed by atoms with Crippen molar-refractivity contribution in [1.82, 2.24) is 14.9 Å². The van der Waals surface area contributed by atoms with E-state index in [1.807, 2.05) is 73.1 Å². The summed E-state index contributed by atoms with van der Waals surface area (Å²) in [6.07, 6.45) is 3.60. The molecular weight excluding hydrogens is 448 g/mol. The van der Waals surface area contributed by atoms with Gasteiger partial charge in [-0.1, -0.05) is 24.3 Å². The number of amidine groups is 1. The first-order valence-corrected chi connectivity index (χ1v) is 11.6. The van der Waals surface area contributed by atoms with Gasteiger partial charge >= 0.3 is 0 Å². The molecule has 1 aliphatic heterocycles. The van der Waals surface area contributed by atoms with Crippen molar-refractivity contribution >= 4 is 40.5 Å². The second-order valence-corrected chi connectivity index (χ2v) is 9.19. The molecule has 9 heteroatoms. The van der Waals surface area contributed by atoms with E-state index in [0.717, 1.165) is 22.2 Å². The number of anilines is 1. The summed E-state index contributed by atoms with van der Waals surface area (Å²) >= 11 is 1.18. The minimum Gasteiger partial charge on any atom is -0.490 e. The molecule has 4 aromatic rings. The van der Waals surface area contributed by atoms with Crippen LogP contribution in [0, 0.1) is 0 Å². The Morgan fingerprint density at radius 3 is 2.91 bits per heavy atom. The fraction of sp³-hybridized carbons (Fsp3) is 0.160. The number of nitrogens with zero attached hydrogens (tertiary/aromatic N) is 3. The zero-order valence-corrected chi connectivity index (χ0v) is 19.6. The molecule has 8 nitrogen and oxygen atoms in total. The van der Waals surface area contributed by atoms with Crippen molar-refractivity contribution < 1.29 is 9.53 Å². The number of carbonyl (C=O) groups is 1. The molecule has 0 fully saturated rings. The number of nitrogens with two attached hydrogens (primary N) is 1. The summed E-state index contributed by atoms with van der Waals surface area (Å²) in [5.41, 5.74) is 8.54. The quantitative estimate of drug-likeness (QED) is 0.361. The number of ether oxygens (including phenoxy) is 1. The van der Waals surface area contributed by atoms with Crippen LogP contribution in [0.3, 0.4) is 0 Å². The van der Waals surface area contributed by atoms with Crippen molar-refractivity contribution in [3.63, 3.8) is 0 Å². The Hall–Kier alpha value is -3.98. The highest BCUT2D eigenvalue weighted by atomic mass is 32.2.